The monoisotopic (exact) mass is 999 g/mol. The van der Waals surface area contributed by atoms with Crippen LogP contribution in [-0.4, -0.2) is 9.97 Å². The minimum atomic E-state index is 0. The van der Waals surface area contributed by atoms with Crippen LogP contribution in [0.1, 0.15) is 22.3 Å². The first-order chi connectivity index (χ1) is 31.5. The minimum absolute atomic E-state index is 0. The number of benzene rings is 8. The van der Waals surface area contributed by atoms with Gasteiger partial charge in [-0.05, 0) is 113 Å². The molecule has 0 spiro atoms. The molecule has 8 bridgehead atoms. The van der Waals surface area contributed by atoms with Gasteiger partial charge in [-0.3, -0.25) is 0 Å². The van der Waals surface area contributed by atoms with E-state index in [0.717, 1.165) is 86.9 Å². The molecule has 13 rings (SSSR count). The van der Waals surface area contributed by atoms with Gasteiger partial charge >= 0.3 is 21.1 Å². The second kappa shape index (κ2) is 14.2. The third-order valence-corrected chi connectivity index (χ3v) is 13.0. The van der Waals surface area contributed by atoms with Crippen molar-refractivity contribution in [3.05, 3.63) is 168 Å². The maximum Gasteiger partial charge on any atom is 2.00 e. The molecule has 5 heterocycles. The Balaban J connectivity index is 0.00000444. The van der Waals surface area contributed by atoms with Gasteiger partial charge < -0.3 is 9.97 Å². The van der Waals surface area contributed by atoms with E-state index in [1.165, 1.54) is 0 Å². The summed E-state index contributed by atoms with van der Waals surface area (Å²) >= 11 is 0. The quantitative estimate of drug-likeness (QED) is 0.142. The molecule has 298 valence electrons. The molecule has 0 aliphatic carbocycles. The topological polar surface area (TPSA) is 54.0 Å². The van der Waals surface area contributed by atoms with Gasteiger partial charge in [0, 0.05) is 44.5 Å². The zero-order valence-electron chi connectivity index (χ0n) is 34.3. The second-order valence-electron chi connectivity index (χ2n) is 16.3. The van der Waals surface area contributed by atoms with Crippen molar-refractivity contribution in [1.82, 2.24) is 19.9 Å². The fraction of sp³-hybridized carbons (Fsp3) is 0. The molecule has 0 saturated heterocycles. The summed E-state index contributed by atoms with van der Waals surface area (Å²) in [6.07, 6.45) is 26.7. The van der Waals surface area contributed by atoms with E-state index in [-0.39, 0.29) is 21.1 Å². The molecule has 0 fully saturated rings. The Labute approximate surface area is 387 Å². The van der Waals surface area contributed by atoms with Gasteiger partial charge in [0.25, 0.3) is 0 Å². The number of rotatable bonds is 0. The molecule has 3 aromatic heterocycles. The van der Waals surface area contributed by atoms with Gasteiger partial charge in [-0.15, -0.1) is 47.8 Å². The Kier molecular flexibility index (Phi) is 8.32. The molecule has 0 saturated carbocycles. The third-order valence-electron chi connectivity index (χ3n) is 13.0. The largest absolute Gasteiger partial charge is 2.00 e. The molecule has 11 aromatic rings. The molecule has 2 aliphatic heterocycles. The minimum Gasteiger partial charge on any atom is -0.655 e. The van der Waals surface area contributed by atoms with Crippen LogP contribution in [0.15, 0.2) is 146 Å². The second-order valence-corrected chi connectivity index (χ2v) is 16.3. The van der Waals surface area contributed by atoms with E-state index in [9.17, 15) is 0 Å². The molecule has 5 heteroatoms. The Morgan fingerprint density at radius 2 is 0.508 bits per heavy atom. The molecular formula is C60H28N4Pt. The van der Waals surface area contributed by atoms with Crippen LogP contribution in [0, 0.1) is 49.4 Å². The Morgan fingerprint density at radius 3 is 0.708 bits per heavy atom. The Morgan fingerprint density at radius 1 is 0.308 bits per heavy atom. The van der Waals surface area contributed by atoms with Gasteiger partial charge in [0.2, 0.25) is 0 Å². The fourth-order valence-electron chi connectivity index (χ4n) is 9.98. The van der Waals surface area contributed by atoms with Gasteiger partial charge in [0.15, 0.2) is 0 Å². The molecule has 0 N–H and O–H groups in total. The van der Waals surface area contributed by atoms with Crippen LogP contribution >= 0.6 is 0 Å². The smallest absolute Gasteiger partial charge is 0.655 e. The van der Waals surface area contributed by atoms with Crippen LogP contribution in [0.3, 0.4) is 0 Å². The van der Waals surface area contributed by atoms with Crippen LogP contribution in [0.5, 0.6) is 0 Å². The molecular weight excluding hydrogens is 972 g/mol. The van der Waals surface area contributed by atoms with E-state index < -0.39 is 0 Å². The molecule has 65 heavy (non-hydrogen) atoms. The van der Waals surface area contributed by atoms with Crippen molar-refractivity contribution in [2.24, 2.45) is 0 Å². The molecule has 8 aromatic carbocycles. The van der Waals surface area contributed by atoms with E-state index in [1.54, 1.807) is 0 Å². The van der Waals surface area contributed by atoms with Gasteiger partial charge in [0.05, 0.1) is 22.8 Å². The summed E-state index contributed by atoms with van der Waals surface area (Å²) in [6, 6.07) is 50.1. The summed E-state index contributed by atoms with van der Waals surface area (Å²) < 4.78 is 0. The van der Waals surface area contributed by atoms with Gasteiger partial charge in [-0.25, -0.2) is 9.97 Å². The summed E-state index contributed by atoms with van der Waals surface area (Å²) in [5, 5.41) is 11.6. The molecule has 0 atom stereocenters. The van der Waals surface area contributed by atoms with E-state index in [4.69, 9.17) is 45.6 Å². The standard InChI is InChI=1S/C60H28N4.Pt/c1-5-41-53-45-25-33-17-9-11-19-35(33)27-47(45)55(61-53)42(6-2)57-49-29-37-21-13-15-23-39(37)31-51(49)59(63-57)44(8-4)60-52-32-40-24-16-14-22-38(40)30-50(52)58(64-60)43(7-3)56-48-28-36-20-12-10-18-34(36)26-46(48)54(41)62-56;/h1-4,9-32H;/q-2;+2. The van der Waals surface area contributed by atoms with Crippen molar-refractivity contribution in [3.63, 3.8) is 0 Å². The number of nitrogens with zero attached hydrogens (tertiary/aromatic N) is 4. The number of fused-ring (bicyclic) bond motifs is 24. The van der Waals surface area contributed by atoms with E-state index in [0.29, 0.717) is 67.1 Å². The predicted molar refractivity (Wildman–Crippen MR) is 265 cm³/mol. The first-order valence-corrected chi connectivity index (χ1v) is 20.9. The summed E-state index contributed by atoms with van der Waals surface area (Å²) in [5.74, 6) is 12.3. The predicted octanol–water partition coefficient (Wildman–Crippen LogP) is 13.1. The van der Waals surface area contributed by atoms with Crippen LogP contribution in [0.2, 0.25) is 0 Å². The first kappa shape index (κ1) is 38.1. The Bertz CT molecular complexity index is 3810. The van der Waals surface area contributed by atoms with E-state index >= 15 is 0 Å². The van der Waals surface area contributed by atoms with Crippen molar-refractivity contribution < 1.29 is 21.1 Å². The Hall–Kier alpha value is -8.63. The van der Waals surface area contributed by atoms with Crippen LogP contribution in [0.25, 0.3) is 132 Å². The SMILES string of the molecule is C#Cc1c2nc(c(C#C)c3[n-]c(c(C#C)c4nc(c(C#C)c5[n-]c1c1cc6ccccc6cc51)-c1cc5ccccc5cc1-4)c1cc4ccccc4cc31)-c1cc3ccccc3cc1-2.[Pt+2]. The number of terminal acetylenes is 4. The maximum atomic E-state index is 6.67. The van der Waals surface area contributed by atoms with Crippen LogP contribution in [-0.2, 0) is 21.1 Å². The number of hydrogen-bond acceptors (Lipinski definition) is 2. The van der Waals surface area contributed by atoms with Crippen molar-refractivity contribution in [2.75, 3.05) is 0 Å². The number of aromatic nitrogens is 4. The van der Waals surface area contributed by atoms with Crippen molar-refractivity contribution >= 4 is 86.7 Å². The normalized spacial score (nSPS) is 11.5. The number of hydrogen-bond donors (Lipinski definition) is 0. The summed E-state index contributed by atoms with van der Waals surface area (Å²) in [6.45, 7) is 0. The molecule has 0 amide bonds. The maximum absolute atomic E-state index is 6.67. The van der Waals surface area contributed by atoms with Crippen LogP contribution < -0.4 is 9.97 Å². The zero-order valence-corrected chi connectivity index (χ0v) is 36.5. The average molecular weight is 1000 g/mol. The van der Waals surface area contributed by atoms with E-state index in [2.05, 4.69) is 121 Å². The van der Waals surface area contributed by atoms with E-state index in [1.807, 2.05) is 48.5 Å². The molecule has 2 aliphatic rings. The van der Waals surface area contributed by atoms with Crippen molar-refractivity contribution in [3.8, 4) is 94.4 Å². The zero-order chi connectivity index (χ0) is 42.8. The summed E-state index contributed by atoms with van der Waals surface area (Å²) in [4.78, 5) is 21.9. The summed E-state index contributed by atoms with van der Waals surface area (Å²) in [7, 11) is 0. The first-order valence-electron chi connectivity index (χ1n) is 20.9. The average Bonchev–Trinajstić information content (AvgIpc) is 4.09. The molecule has 0 unspecified atom stereocenters. The third kappa shape index (κ3) is 5.37. The van der Waals surface area contributed by atoms with Crippen molar-refractivity contribution in [1.29, 1.82) is 0 Å². The van der Waals surface area contributed by atoms with Crippen molar-refractivity contribution in [2.45, 2.75) is 0 Å². The summed E-state index contributed by atoms with van der Waals surface area (Å²) in [5.41, 5.74) is 10.1. The van der Waals surface area contributed by atoms with Gasteiger partial charge in [0.1, 0.15) is 0 Å². The molecule has 0 radical (unpaired) electrons. The van der Waals surface area contributed by atoms with Crippen LogP contribution in [0.4, 0.5) is 0 Å². The van der Waals surface area contributed by atoms with Gasteiger partial charge in [-0.2, -0.15) is 0 Å². The fourth-order valence-corrected chi connectivity index (χ4v) is 9.98. The molecule has 4 nitrogen and oxygen atoms in total. The van der Waals surface area contributed by atoms with Gasteiger partial charge in [-0.1, -0.05) is 121 Å².